The Balaban J connectivity index is 1.69. The number of H-pyrrole nitrogens is 1. The first-order valence-corrected chi connectivity index (χ1v) is 8.90. The fourth-order valence-corrected chi connectivity index (χ4v) is 3.67. The Labute approximate surface area is 145 Å². The number of carbonyl (C=O) groups is 1. The van der Waals surface area contributed by atoms with Gasteiger partial charge in [-0.3, -0.25) is 9.59 Å². The third-order valence-electron chi connectivity index (χ3n) is 3.37. The zero-order chi connectivity index (χ0) is 17.1. The van der Waals surface area contributed by atoms with Gasteiger partial charge in [-0.2, -0.15) is 0 Å². The molecule has 0 radical (unpaired) electrons. The summed E-state index contributed by atoms with van der Waals surface area (Å²) in [6, 6.07) is 3.62. The first-order chi connectivity index (χ1) is 11.6. The Morgan fingerprint density at radius 3 is 3.04 bits per heavy atom. The molecule has 6 nitrogen and oxygen atoms in total. The lowest BCUT2D eigenvalue weighted by molar-refractivity contribution is -0.125. The van der Waals surface area contributed by atoms with Crippen molar-refractivity contribution in [1.82, 2.24) is 14.9 Å². The number of fused-ring (bicyclic) bond motifs is 1. The van der Waals surface area contributed by atoms with Gasteiger partial charge in [0.05, 0.1) is 18.7 Å². The van der Waals surface area contributed by atoms with Crippen LogP contribution < -0.4 is 5.56 Å². The van der Waals surface area contributed by atoms with Gasteiger partial charge in [-0.1, -0.05) is 0 Å². The van der Waals surface area contributed by atoms with Crippen molar-refractivity contribution in [2.75, 3.05) is 7.05 Å². The largest absolute Gasteiger partial charge is 0.392 e. The first kappa shape index (κ1) is 16.6. The van der Waals surface area contributed by atoms with Crippen LogP contribution in [0.1, 0.15) is 16.3 Å². The molecular formula is C16H15N3O3S2. The van der Waals surface area contributed by atoms with Crippen molar-refractivity contribution in [2.45, 2.75) is 13.2 Å². The zero-order valence-corrected chi connectivity index (χ0v) is 14.5. The van der Waals surface area contributed by atoms with Crippen LogP contribution in [0.5, 0.6) is 0 Å². The Bertz CT molecular complexity index is 955. The van der Waals surface area contributed by atoms with Crippen molar-refractivity contribution in [3.05, 3.63) is 55.6 Å². The van der Waals surface area contributed by atoms with Gasteiger partial charge in [0.1, 0.15) is 10.5 Å². The predicted molar refractivity (Wildman–Crippen MR) is 96.0 cm³/mol. The van der Waals surface area contributed by atoms with Crippen LogP contribution >= 0.6 is 22.7 Å². The summed E-state index contributed by atoms with van der Waals surface area (Å²) in [5.41, 5.74) is 1.29. The molecule has 0 aliphatic rings. The van der Waals surface area contributed by atoms with E-state index in [-0.39, 0.29) is 24.6 Å². The molecule has 1 amide bonds. The lowest BCUT2D eigenvalue weighted by atomic mass is 10.3. The summed E-state index contributed by atoms with van der Waals surface area (Å²) in [5.74, 6) is 0.260. The van der Waals surface area contributed by atoms with E-state index in [2.05, 4.69) is 9.97 Å². The Morgan fingerprint density at radius 1 is 1.46 bits per heavy atom. The maximum atomic E-state index is 12.2. The van der Waals surface area contributed by atoms with Gasteiger partial charge in [0.15, 0.2) is 0 Å². The summed E-state index contributed by atoms with van der Waals surface area (Å²) < 4.78 is 0.588. The van der Waals surface area contributed by atoms with E-state index >= 15 is 0 Å². The van der Waals surface area contributed by atoms with Crippen molar-refractivity contribution in [3.8, 4) is 0 Å². The first-order valence-electron chi connectivity index (χ1n) is 7.14. The second kappa shape index (κ2) is 7.08. The molecule has 0 saturated carbocycles. The van der Waals surface area contributed by atoms with Gasteiger partial charge in [-0.05, 0) is 34.5 Å². The van der Waals surface area contributed by atoms with Crippen LogP contribution in [0.3, 0.4) is 0 Å². The van der Waals surface area contributed by atoms with Crippen LogP contribution in [0.2, 0.25) is 0 Å². The number of amides is 1. The number of aliphatic hydroxyl groups excluding tert-OH is 1. The highest BCUT2D eigenvalue weighted by Gasteiger charge is 2.10. The van der Waals surface area contributed by atoms with Gasteiger partial charge in [-0.15, -0.1) is 22.7 Å². The third-order valence-corrected chi connectivity index (χ3v) is 5.22. The molecule has 0 aliphatic heterocycles. The monoisotopic (exact) mass is 361 g/mol. The van der Waals surface area contributed by atoms with Crippen molar-refractivity contribution in [1.29, 1.82) is 0 Å². The predicted octanol–water partition coefficient (Wildman–Crippen LogP) is 2.21. The Kier molecular flexibility index (Phi) is 4.89. The number of nitrogens with zero attached hydrogens (tertiary/aromatic N) is 2. The highest BCUT2D eigenvalue weighted by atomic mass is 32.1. The number of aliphatic hydroxyl groups is 1. The molecule has 0 unspecified atom stereocenters. The second-order valence-electron chi connectivity index (χ2n) is 5.19. The molecule has 124 valence electrons. The van der Waals surface area contributed by atoms with Gasteiger partial charge in [-0.25, -0.2) is 4.98 Å². The molecule has 0 aliphatic carbocycles. The fourth-order valence-electron chi connectivity index (χ4n) is 2.14. The van der Waals surface area contributed by atoms with Crippen LogP contribution in [0.15, 0.2) is 33.8 Å². The van der Waals surface area contributed by atoms with E-state index in [1.54, 1.807) is 19.2 Å². The van der Waals surface area contributed by atoms with E-state index < -0.39 is 0 Å². The van der Waals surface area contributed by atoms with E-state index in [0.717, 1.165) is 10.4 Å². The van der Waals surface area contributed by atoms with Gasteiger partial charge in [0.2, 0.25) is 5.91 Å². The number of nitrogens with one attached hydrogen (secondary N) is 1. The Hall–Kier alpha value is -2.29. The molecule has 2 N–H and O–H groups in total. The van der Waals surface area contributed by atoms with E-state index in [1.165, 1.54) is 33.6 Å². The van der Waals surface area contributed by atoms with Gasteiger partial charge >= 0.3 is 0 Å². The van der Waals surface area contributed by atoms with Crippen molar-refractivity contribution >= 4 is 44.9 Å². The highest BCUT2D eigenvalue weighted by molar-refractivity contribution is 7.17. The lowest BCUT2D eigenvalue weighted by Gasteiger charge is -2.14. The molecule has 0 fully saturated rings. The molecular weight excluding hydrogens is 346 g/mol. The van der Waals surface area contributed by atoms with Crippen molar-refractivity contribution in [3.63, 3.8) is 0 Å². The van der Waals surface area contributed by atoms with Crippen molar-refractivity contribution < 1.29 is 9.90 Å². The highest BCUT2D eigenvalue weighted by Crippen LogP contribution is 2.17. The summed E-state index contributed by atoms with van der Waals surface area (Å²) in [7, 11) is 1.65. The number of likely N-dealkylation sites (N-methyl/N-ethyl adjacent to an activating group) is 1. The average Bonchev–Trinajstić information content (AvgIpc) is 3.21. The van der Waals surface area contributed by atoms with Crippen LogP contribution in [0, 0.1) is 0 Å². The maximum absolute atomic E-state index is 12.2. The van der Waals surface area contributed by atoms with E-state index in [1.807, 2.05) is 16.8 Å². The minimum Gasteiger partial charge on any atom is -0.392 e. The number of thiophene rings is 2. The summed E-state index contributed by atoms with van der Waals surface area (Å²) in [5, 5.41) is 12.7. The molecule has 0 bridgehead atoms. The average molecular weight is 361 g/mol. The fraction of sp³-hybridized carbons (Fsp3) is 0.188. The molecule has 0 saturated heterocycles. The molecule has 3 rings (SSSR count). The minimum absolute atomic E-state index is 0.0116. The van der Waals surface area contributed by atoms with Crippen LogP contribution in [-0.2, 0) is 17.9 Å². The number of aromatic nitrogens is 2. The van der Waals surface area contributed by atoms with Gasteiger partial charge in [0.25, 0.3) is 5.56 Å². The normalized spacial score (nSPS) is 11.4. The number of aromatic amines is 1. The second-order valence-corrected chi connectivity index (χ2v) is 7.05. The molecule has 0 aromatic carbocycles. The quantitative estimate of drug-likeness (QED) is 0.682. The molecule has 3 aromatic heterocycles. The van der Waals surface area contributed by atoms with Gasteiger partial charge in [0, 0.05) is 18.0 Å². The van der Waals surface area contributed by atoms with Crippen molar-refractivity contribution in [2.24, 2.45) is 0 Å². The minimum atomic E-state index is -0.193. The number of carbonyl (C=O) groups excluding carboxylic acids is 1. The third kappa shape index (κ3) is 3.61. The van der Waals surface area contributed by atoms with E-state index in [4.69, 9.17) is 5.11 Å². The maximum Gasteiger partial charge on any atom is 0.268 e. The zero-order valence-electron chi connectivity index (χ0n) is 12.9. The van der Waals surface area contributed by atoms with Crippen LogP contribution in [0.4, 0.5) is 0 Å². The molecule has 0 spiro atoms. The number of hydrogen-bond acceptors (Lipinski definition) is 6. The SMILES string of the molecule is CN(Cc1nc2ccsc2c(=O)[nH]1)C(=O)C=Cc1cc(CO)cs1. The van der Waals surface area contributed by atoms with E-state index in [0.29, 0.717) is 16.0 Å². The molecule has 8 heteroatoms. The summed E-state index contributed by atoms with van der Waals surface area (Å²) in [6.45, 7) is 0.207. The summed E-state index contributed by atoms with van der Waals surface area (Å²) in [4.78, 5) is 33.5. The molecule has 24 heavy (non-hydrogen) atoms. The smallest absolute Gasteiger partial charge is 0.268 e. The van der Waals surface area contributed by atoms with E-state index in [9.17, 15) is 9.59 Å². The van der Waals surface area contributed by atoms with Gasteiger partial charge < -0.3 is 15.0 Å². The number of hydrogen-bond donors (Lipinski definition) is 2. The standard InChI is InChI=1S/C16H15N3O3S2/c1-19(14(21)3-2-11-6-10(8-20)9-24-11)7-13-17-12-4-5-23-15(12)16(22)18-13/h2-6,9,20H,7-8H2,1H3,(H,17,18,22). The lowest BCUT2D eigenvalue weighted by Crippen LogP contribution is -2.26. The Morgan fingerprint density at radius 2 is 2.29 bits per heavy atom. The molecule has 3 aromatic rings. The topological polar surface area (TPSA) is 86.3 Å². The molecule has 3 heterocycles. The van der Waals surface area contributed by atoms with Crippen LogP contribution in [0.25, 0.3) is 16.3 Å². The van der Waals surface area contributed by atoms with Crippen LogP contribution in [-0.4, -0.2) is 32.9 Å². The molecule has 0 atom stereocenters. The summed E-state index contributed by atoms with van der Waals surface area (Å²) >= 11 is 2.80. The number of rotatable bonds is 5. The summed E-state index contributed by atoms with van der Waals surface area (Å²) in [6.07, 6.45) is 3.18.